The van der Waals surface area contributed by atoms with Gasteiger partial charge < -0.3 is 10.1 Å². The van der Waals surface area contributed by atoms with Crippen LogP contribution in [0.25, 0.3) is 16.6 Å². The summed E-state index contributed by atoms with van der Waals surface area (Å²) in [4.78, 5) is 39.1. The van der Waals surface area contributed by atoms with E-state index in [0.717, 1.165) is 10.1 Å². The van der Waals surface area contributed by atoms with Gasteiger partial charge in [0.1, 0.15) is 5.75 Å². The average molecular weight is 444 g/mol. The van der Waals surface area contributed by atoms with Gasteiger partial charge in [-0.2, -0.15) is 0 Å². The Morgan fingerprint density at radius 1 is 0.939 bits per heavy atom. The topological polar surface area (TPSA) is 82.3 Å². The number of fused-ring (bicyclic) bond motifs is 1. The lowest BCUT2D eigenvalue weighted by Crippen LogP contribution is -2.39. The Kier molecular flexibility index (Phi) is 6.13. The highest BCUT2D eigenvalue weighted by Crippen LogP contribution is 2.20. The molecular formula is C26H25N3O4. The molecule has 0 saturated carbocycles. The number of ether oxygens (including phenoxy) is 1. The van der Waals surface area contributed by atoms with Gasteiger partial charge in [0.05, 0.1) is 30.2 Å². The maximum Gasteiger partial charge on any atom is 0.336 e. The van der Waals surface area contributed by atoms with Crippen LogP contribution in [0.3, 0.4) is 0 Å². The Bertz CT molecular complexity index is 1430. The molecule has 0 aliphatic heterocycles. The van der Waals surface area contributed by atoms with Gasteiger partial charge in [-0.3, -0.25) is 14.2 Å². The van der Waals surface area contributed by atoms with Gasteiger partial charge in [-0.25, -0.2) is 9.36 Å². The summed E-state index contributed by atoms with van der Waals surface area (Å²) in [6.07, 6.45) is 0. The smallest absolute Gasteiger partial charge is 0.336 e. The fourth-order valence-electron chi connectivity index (χ4n) is 3.79. The molecule has 3 aromatic carbocycles. The average Bonchev–Trinajstić information content (AvgIpc) is 2.82. The molecule has 0 unspecified atom stereocenters. The van der Waals surface area contributed by atoms with Gasteiger partial charge >= 0.3 is 5.69 Å². The van der Waals surface area contributed by atoms with Crippen LogP contribution in [0.15, 0.2) is 82.4 Å². The third kappa shape index (κ3) is 4.30. The quantitative estimate of drug-likeness (QED) is 0.496. The zero-order valence-electron chi connectivity index (χ0n) is 18.7. The van der Waals surface area contributed by atoms with Crippen LogP contribution >= 0.6 is 0 Å². The summed E-state index contributed by atoms with van der Waals surface area (Å²) < 4.78 is 8.10. The molecule has 1 amide bonds. The zero-order valence-corrected chi connectivity index (χ0v) is 18.7. The first-order valence-corrected chi connectivity index (χ1v) is 10.7. The number of nitrogens with one attached hydrogen (secondary N) is 1. The van der Waals surface area contributed by atoms with E-state index in [2.05, 4.69) is 5.32 Å². The van der Waals surface area contributed by atoms with E-state index in [4.69, 9.17) is 4.74 Å². The highest BCUT2D eigenvalue weighted by atomic mass is 16.5. The van der Waals surface area contributed by atoms with Gasteiger partial charge in [0.25, 0.3) is 11.5 Å². The van der Waals surface area contributed by atoms with Crippen molar-refractivity contribution in [2.75, 3.05) is 7.11 Å². The third-order valence-electron chi connectivity index (χ3n) is 5.35. The number of hydrogen-bond acceptors (Lipinski definition) is 4. The SMILES string of the molecule is COc1ccccc1-n1c(=O)c2ccccc2n(Cc2ccc(C(=O)NC(C)C)cc2)c1=O. The second kappa shape index (κ2) is 9.16. The molecule has 33 heavy (non-hydrogen) atoms. The minimum Gasteiger partial charge on any atom is -0.495 e. The standard InChI is InChI=1S/C26H25N3O4/c1-17(2)27-24(30)19-14-12-18(13-15-19)16-28-21-9-5-4-8-20(21)25(31)29(26(28)32)22-10-6-7-11-23(22)33-3/h4-15,17H,16H2,1-3H3,(H,27,30). The van der Waals surface area contributed by atoms with Crippen molar-refractivity contribution < 1.29 is 9.53 Å². The number of methoxy groups -OCH3 is 1. The fourth-order valence-corrected chi connectivity index (χ4v) is 3.79. The van der Waals surface area contributed by atoms with Gasteiger partial charge in [-0.1, -0.05) is 36.4 Å². The maximum atomic E-state index is 13.6. The van der Waals surface area contributed by atoms with Crippen LogP contribution in [0, 0.1) is 0 Å². The second-order valence-corrected chi connectivity index (χ2v) is 8.02. The number of hydrogen-bond donors (Lipinski definition) is 1. The van der Waals surface area contributed by atoms with Crippen molar-refractivity contribution in [3.8, 4) is 11.4 Å². The van der Waals surface area contributed by atoms with Gasteiger partial charge in [0, 0.05) is 11.6 Å². The molecule has 0 bridgehead atoms. The van der Waals surface area contributed by atoms with Gasteiger partial charge in [-0.05, 0) is 55.8 Å². The lowest BCUT2D eigenvalue weighted by atomic mass is 10.1. The number of nitrogens with zero attached hydrogens (tertiary/aromatic N) is 2. The van der Waals surface area contributed by atoms with Crippen LogP contribution in [0.2, 0.25) is 0 Å². The van der Waals surface area contributed by atoms with Crippen LogP contribution in [-0.2, 0) is 6.54 Å². The van der Waals surface area contributed by atoms with E-state index in [1.807, 2.05) is 26.0 Å². The molecular weight excluding hydrogens is 418 g/mol. The predicted molar refractivity (Wildman–Crippen MR) is 129 cm³/mol. The number of para-hydroxylation sites is 3. The van der Waals surface area contributed by atoms with Crippen molar-refractivity contribution in [2.45, 2.75) is 26.4 Å². The monoisotopic (exact) mass is 443 g/mol. The van der Waals surface area contributed by atoms with Gasteiger partial charge in [-0.15, -0.1) is 0 Å². The third-order valence-corrected chi connectivity index (χ3v) is 5.35. The molecule has 4 aromatic rings. The molecule has 7 nitrogen and oxygen atoms in total. The minimum atomic E-state index is -0.468. The Morgan fingerprint density at radius 3 is 2.30 bits per heavy atom. The summed E-state index contributed by atoms with van der Waals surface area (Å²) in [5.41, 5.74) is 1.43. The van der Waals surface area contributed by atoms with Crippen LogP contribution in [0.4, 0.5) is 0 Å². The number of aromatic nitrogens is 2. The van der Waals surface area contributed by atoms with Gasteiger partial charge in [0.15, 0.2) is 0 Å². The molecule has 168 valence electrons. The lowest BCUT2D eigenvalue weighted by molar-refractivity contribution is 0.0943. The molecule has 4 rings (SSSR count). The molecule has 1 aromatic heterocycles. The Balaban J connectivity index is 1.84. The second-order valence-electron chi connectivity index (χ2n) is 8.02. The number of rotatable bonds is 6. The molecule has 7 heteroatoms. The summed E-state index contributed by atoms with van der Waals surface area (Å²) in [5.74, 6) is 0.280. The van der Waals surface area contributed by atoms with Crippen LogP contribution in [-0.4, -0.2) is 28.2 Å². The molecule has 0 radical (unpaired) electrons. The van der Waals surface area contributed by atoms with Crippen molar-refractivity contribution in [2.24, 2.45) is 0 Å². The molecule has 1 N–H and O–H groups in total. The van der Waals surface area contributed by atoms with E-state index in [-0.39, 0.29) is 18.5 Å². The van der Waals surface area contributed by atoms with Crippen molar-refractivity contribution in [3.63, 3.8) is 0 Å². The highest BCUT2D eigenvalue weighted by molar-refractivity contribution is 5.94. The van der Waals surface area contributed by atoms with Crippen molar-refractivity contribution >= 4 is 16.8 Å². The first-order valence-electron chi connectivity index (χ1n) is 10.7. The number of amides is 1. The first kappa shape index (κ1) is 22.1. The predicted octanol–water partition coefficient (Wildman–Crippen LogP) is 3.35. The highest BCUT2D eigenvalue weighted by Gasteiger charge is 2.17. The molecule has 0 saturated heterocycles. The summed E-state index contributed by atoms with van der Waals surface area (Å²) >= 11 is 0. The number of carbonyl (C=O) groups is 1. The molecule has 0 aliphatic rings. The normalized spacial score (nSPS) is 11.0. The van der Waals surface area contributed by atoms with E-state index < -0.39 is 11.2 Å². The first-order chi connectivity index (χ1) is 15.9. The van der Waals surface area contributed by atoms with Crippen molar-refractivity contribution in [1.29, 1.82) is 0 Å². The molecule has 0 atom stereocenters. The largest absolute Gasteiger partial charge is 0.495 e. The van der Waals surface area contributed by atoms with Crippen molar-refractivity contribution in [3.05, 3.63) is 105 Å². The number of benzene rings is 3. The van der Waals surface area contributed by atoms with E-state index in [0.29, 0.717) is 27.9 Å². The Morgan fingerprint density at radius 2 is 1.61 bits per heavy atom. The summed E-state index contributed by atoms with van der Waals surface area (Å²) in [5, 5.41) is 3.29. The summed E-state index contributed by atoms with van der Waals surface area (Å²) in [7, 11) is 1.50. The van der Waals surface area contributed by atoms with Crippen LogP contribution < -0.4 is 21.3 Å². The van der Waals surface area contributed by atoms with E-state index in [1.165, 1.54) is 7.11 Å². The number of carbonyl (C=O) groups excluding carboxylic acids is 1. The fraction of sp³-hybridized carbons (Fsp3) is 0.192. The van der Waals surface area contributed by atoms with E-state index in [1.54, 1.807) is 65.2 Å². The van der Waals surface area contributed by atoms with Crippen LogP contribution in [0.5, 0.6) is 5.75 Å². The Labute approximate surface area is 190 Å². The molecule has 0 aliphatic carbocycles. The van der Waals surface area contributed by atoms with E-state index in [9.17, 15) is 14.4 Å². The van der Waals surface area contributed by atoms with Crippen molar-refractivity contribution in [1.82, 2.24) is 14.5 Å². The molecule has 0 spiro atoms. The lowest BCUT2D eigenvalue weighted by Gasteiger charge is -2.16. The molecule has 0 fully saturated rings. The summed E-state index contributed by atoms with van der Waals surface area (Å²) in [6, 6.07) is 21.1. The molecule has 1 heterocycles. The maximum absolute atomic E-state index is 13.6. The van der Waals surface area contributed by atoms with Crippen LogP contribution in [0.1, 0.15) is 29.8 Å². The summed E-state index contributed by atoms with van der Waals surface area (Å²) in [6.45, 7) is 4.04. The van der Waals surface area contributed by atoms with Gasteiger partial charge in [0.2, 0.25) is 0 Å². The minimum absolute atomic E-state index is 0.0400. The zero-order chi connectivity index (χ0) is 23.5. The Hall–Kier alpha value is -4.13. The van der Waals surface area contributed by atoms with E-state index >= 15 is 0 Å².